The average molecular weight is 232 g/mol. The Morgan fingerprint density at radius 2 is 1.47 bits per heavy atom. The number of hydrogen-bond acceptors (Lipinski definition) is 2. The third-order valence-electron chi connectivity index (χ3n) is 2.44. The molecule has 0 saturated carbocycles. The molecule has 2 aromatic carbocycles. The van der Waals surface area contributed by atoms with E-state index in [0.29, 0.717) is 17.1 Å². The highest BCUT2D eigenvalue weighted by molar-refractivity contribution is 5.36. The third kappa shape index (κ3) is 2.75. The standard InChI is InChI=1S/C14H13FO2/c1-10-3-4-13(9-14(10)15)17-12-7-5-11(16-2)6-8-12/h3-9H,1-2H3. The summed E-state index contributed by atoms with van der Waals surface area (Å²) in [5.41, 5.74) is 0.604. The fourth-order valence-electron chi connectivity index (χ4n) is 1.42. The molecule has 88 valence electrons. The number of rotatable bonds is 3. The first kappa shape index (κ1) is 11.5. The second-order valence-corrected chi connectivity index (χ2v) is 3.69. The SMILES string of the molecule is COc1ccc(Oc2ccc(C)c(F)c2)cc1. The summed E-state index contributed by atoms with van der Waals surface area (Å²) < 4.78 is 23.9. The first-order chi connectivity index (χ1) is 8.19. The van der Waals surface area contributed by atoms with Gasteiger partial charge in [-0.05, 0) is 42.8 Å². The fraction of sp³-hybridized carbons (Fsp3) is 0.143. The summed E-state index contributed by atoms with van der Waals surface area (Å²) >= 11 is 0. The lowest BCUT2D eigenvalue weighted by molar-refractivity contribution is 0.412. The van der Waals surface area contributed by atoms with E-state index >= 15 is 0 Å². The maximum atomic E-state index is 13.3. The number of benzene rings is 2. The second-order valence-electron chi connectivity index (χ2n) is 3.69. The van der Waals surface area contributed by atoms with Crippen LogP contribution in [0.15, 0.2) is 42.5 Å². The minimum atomic E-state index is -0.268. The van der Waals surface area contributed by atoms with Crippen molar-refractivity contribution in [1.82, 2.24) is 0 Å². The van der Waals surface area contributed by atoms with Crippen LogP contribution in [0.2, 0.25) is 0 Å². The van der Waals surface area contributed by atoms with Crippen molar-refractivity contribution in [2.45, 2.75) is 6.92 Å². The van der Waals surface area contributed by atoms with Gasteiger partial charge in [0.2, 0.25) is 0 Å². The molecule has 0 bridgehead atoms. The summed E-state index contributed by atoms with van der Waals surface area (Å²) in [6, 6.07) is 11.9. The maximum Gasteiger partial charge on any atom is 0.130 e. The Morgan fingerprint density at radius 1 is 0.882 bits per heavy atom. The van der Waals surface area contributed by atoms with E-state index in [2.05, 4.69) is 0 Å². The van der Waals surface area contributed by atoms with Gasteiger partial charge in [-0.2, -0.15) is 0 Å². The van der Waals surface area contributed by atoms with E-state index in [1.54, 1.807) is 50.4 Å². The van der Waals surface area contributed by atoms with E-state index in [9.17, 15) is 4.39 Å². The molecule has 0 aliphatic rings. The molecule has 0 amide bonds. The lowest BCUT2D eigenvalue weighted by atomic mass is 10.2. The summed E-state index contributed by atoms with van der Waals surface area (Å²) in [5.74, 6) is 1.62. The van der Waals surface area contributed by atoms with Gasteiger partial charge in [0.1, 0.15) is 23.1 Å². The van der Waals surface area contributed by atoms with Crippen LogP contribution in [-0.2, 0) is 0 Å². The van der Waals surface area contributed by atoms with E-state index in [-0.39, 0.29) is 5.82 Å². The molecule has 17 heavy (non-hydrogen) atoms. The van der Waals surface area contributed by atoms with Gasteiger partial charge in [0, 0.05) is 6.07 Å². The highest BCUT2D eigenvalue weighted by atomic mass is 19.1. The number of ether oxygens (including phenoxy) is 2. The first-order valence-electron chi connectivity index (χ1n) is 5.27. The third-order valence-corrected chi connectivity index (χ3v) is 2.44. The van der Waals surface area contributed by atoms with Crippen LogP contribution < -0.4 is 9.47 Å². The van der Waals surface area contributed by atoms with Gasteiger partial charge in [-0.1, -0.05) is 6.07 Å². The average Bonchev–Trinajstić information content (AvgIpc) is 2.35. The smallest absolute Gasteiger partial charge is 0.130 e. The second kappa shape index (κ2) is 4.87. The molecule has 0 aliphatic carbocycles. The Kier molecular flexibility index (Phi) is 3.28. The van der Waals surface area contributed by atoms with Gasteiger partial charge < -0.3 is 9.47 Å². The van der Waals surface area contributed by atoms with Gasteiger partial charge in [0.05, 0.1) is 7.11 Å². The highest BCUT2D eigenvalue weighted by Gasteiger charge is 2.02. The molecule has 2 nitrogen and oxygen atoms in total. The monoisotopic (exact) mass is 232 g/mol. The molecule has 0 N–H and O–H groups in total. The molecule has 0 heterocycles. The van der Waals surface area contributed by atoms with Crippen molar-refractivity contribution in [1.29, 1.82) is 0 Å². The van der Waals surface area contributed by atoms with Crippen molar-refractivity contribution in [2.24, 2.45) is 0 Å². The summed E-state index contributed by atoms with van der Waals surface area (Å²) in [5, 5.41) is 0. The number of halogens is 1. The Hall–Kier alpha value is -2.03. The van der Waals surface area contributed by atoms with Crippen LogP contribution in [0, 0.1) is 12.7 Å². The van der Waals surface area contributed by atoms with Gasteiger partial charge in [-0.15, -0.1) is 0 Å². The number of methoxy groups -OCH3 is 1. The molecule has 0 atom stereocenters. The van der Waals surface area contributed by atoms with E-state index in [0.717, 1.165) is 5.75 Å². The molecule has 0 saturated heterocycles. The van der Waals surface area contributed by atoms with Gasteiger partial charge in [-0.3, -0.25) is 0 Å². The Balaban J connectivity index is 2.16. The largest absolute Gasteiger partial charge is 0.497 e. The van der Waals surface area contributed by atoms with Crippen LogP contribution in [0.3, 0.4) is 0 Å². The van der Waals surface area contributed by atoms with Crippen LogP contribution in [-0.4, -0.2) is 7.11 Å². The van der Waals surface area contributed by atoms with Crippen LogP contribution in [0.5, 0.6) is 17.2 Å². The lowest BCUT2D eigenvalue weighted by Crippen LogP contribution is -1.88. The van der Waals surface area contributed by atoms with E-state index < -0.39 is 0 Å². The van der Waals surface area contributed by atoms with Crippen molar-refractivity contribution >= 4 is 0 Å². The quantitative estimate of drug-likeness (QED) is 0.798. The van der Waals surface area contributed by atoms with Crippen molar-refractivity contribution in [2.75, 3.05) is 7.11 Å². The number of hydrogen-bond donors (Lipinski definition) is 0. The molecule has 0 unspecified atom stereocenters. The van der Waals surface area contributed by atoms with Crippen molar-refractivity contribution in [3.8, 4) is 17.2 Å². The Morgan fingerprint density at radius 3 is 2.06 bits per heavy atom. The minimum absolute atomic E-state index is 0.268. The molecular formula is C14H13FO2. The van der Waals surface area contributed by atoms with Crippen LogP contribution in [0.1, 0.15) is 5.56 Å². The molecule has 3 heteroatoms. The predicted molar refractivity (Wildman–Crippen MR) is 64.2 cm³/mol. The summed E-state index contributed by atoms with van der Waals surface area (Å²) in [6.45, 7) is 1.71. The van der Waals surface area contributed by atoms with E-state index in [1.165, 1.54) is 6.07 Å². The molecule has 0 aliphatic heterocycles. The van der Waals surface area contributed by atoms with Gasteiger partial charge >= 0.3 is 0 Å². The topological polar surface area (TPSA) is 18.5 Å². The zero-order valence-electron chi connectivity index (χ0n) is 9.74. The molecule has 0 fully saturated rings. The molecule has 2 aromatic rings. The lowest BCUT2D eigenvalue weighted by Gasteiger charge is -2.07. The molecule has 2 rings (SSSR count). The molecule has 0 radical (unpaired) electrons. The van der Waals surface area contributed by atoms with Gasteiger partial charge in [-0.25, -0.2) is 4.39 Å². The summed E-state index contributed by atoms with van der Waals surface area (Å²) in [4.78, 5) is 0. The van der Waals surface area contributed by atoms with Crippen LogP contribution in [0.4, 0.5) is 4.39 Å². The van der Waals surface area contributed by atoms with Crippen molar-refractivity contribution in [3.63, 3.8) is 0 Å². The number of aryl methyl sites for hydroxylation is 1. The molecule has 0 aromatic heterocycles. The zero-order valence-corrected chi connectivity index (χ0v) is 9.74. The van der Waals surface area contributed by atoms with Gasteiger partial charge in [0.25, 0.3) is 0 Å². The molecular weight excluding hydrogens is 219 g/mol. The van der Waals surface area contributed by atoms with E-state index in [4.69, 9.17) is 9.47 Å². The van der Waals surface area contributed by atoms with Crippen LogP contribution >= 0.6 is 0 Å². The summed E-state index contributed by atoms with van der Waals surface area (Å²) in [6.07, 6.45) is 0. The Bertz CT molecular complexity index is 506. The minimum Gasteiger partial charge on any atom is -0.497 e. The predicted octanol–water partition coefficient (Wildman–Crippen LogP) is 3.94. The van der Waals surface area contributed by atoms with Crippen LogP contribution in [0.25, 0.3) is 0 Å². The van der Waals surface area contributed by atoms with Crippen molar-refractivity contribution in [3.05, 3.63) is 53.8 Å². The zero-order chi connectivity index (χ0) is 12.3. The summed E-state index contributed by atoms with van der Waals surface area (Å²) in [7, 11) is 1.60. The highest BCUT2D eigenvalue weighted by Crippen LogP contribution is 2.25. The Labute approximate surface area is 99.6 Å². The van der Waals surface area contributed by atoms with Gasteiger partial charge in [0.15, 0.2) is 0 Å². The van der Waals surface area contributed by atoms with E-state index in [1.807, 2.05) is 0 Å². The fourth-order valence-corrected chi connectivity index (χ4v) is 1.42. The molecule has 0 spiro atoms. The normalized spacial score (nSPS) is 10.1. The maximum absolute atomic E-state index is 13.3. The first-order valence-corrected chi connectivity index (χ1v) is 5.27. The van der Waals surface area contributed by atoms with Crippen molar-refractivity contribution < 1.29 is 13.9 Å².